The molecule has 1 aliphatic heterocycles. The molecule has 2 atom stereocenters. The number of hydrogen-bond acceptors (Lipinski definition) is 5. The molecule has 1 aliphatic rings. The van der Waals surface area contributed by atoms with E-state index in [4.69, 9.17) is 10.3 Å². The Hall–Kier alpha value is -1.98. The lowest BCUT2D eigenvalue weighted by Gasteiger charge is -2.20. The molecule has 0 aromatic heterocycles. The van der Waals surface area contributed by atoms with Gasteiger partial charge in [0, 0.05) is 23.1 Å². The average Bonchev–Trinajstić information content (AvgIpc) is 3.11. The second-order valence-corrected chi connectivity index (χ2v) is 8.98. The van der Waals surface area contributed by atoms with Crippen LogP contribution in [0.2, 0.25) is 0 Å². The van der Waals surface area contributed by atoms with Crippen molar-refractivity contribution in [3.05, 3.63) is 60.7 Å². The van der Waals surface area contributed by atoms with Gasteiger partial charge in [0.1, 0.15) is 6.61 Å². The predicted octanol–water partition coefficient (Wildman–Crippen LogP) is 1.78. The van der Waals surface area contributed by atoms with Gasteiger partial charge >= 0.3 is 0 Å². The summed E-state index contributed by atoms with van der Waals surface area (Å²) in [4.78, 5) is 24.1. The van der Waals surface area contributed by atoms with Crippen LogP contribution in [0, 0.1) is 5.92 Å². The highest BCUT2D eigenvalue weighted by Crippen LogP contribution is 2.44. The van der Waals surface area contributed by atoms with E-state index in [2.05, 4.69) is 5.32 Å². The number of hydrogen-bond donors (Lipinski definition) is 2. The number of ketones is 1. The highest BCUT2D eigenvalue weighted by Gasteiger charge is 2.32. The van der Waals surface area contributed by atoms with E-state index in [0.717, 1.165) is 0 Å². The fourth-order valence-corrected chi connectivity index (χ4v) is 5.15. The highest BCUT2D eigenvalue weighted by molar-refractivity contribution is 7.74. The number of halogens is 1. The maximum absolute atomic E-state index is 13.7. The molecule has 28 heavy (non-hydrogen) atoms. The average molecular weight is 423 g/mol. The summed E-state index contributed by atoms with van der Waals surface area (Å²) in [7, 11) is -3.42. The molecule has 1 heterocycles. The Morgan fingerprint density at radius 2 is 1.64 bits per heavy atom. The Morgan fingerprint density at radius 1 is 1.11 bits per heavy atom. The smallest absolute Gasteiger partial charge is 0.261 e. The molecule has 0 bridgehead atoms. The Bertz CT molecular complexity index is 804. The molecular weight excluding hydrogens is 399 g/mol. The van der Waals surface area contributed by atoms with Crippen molar-refractivity contribution >= 4 is 42.1 Å². The largest absolute Gasteiger partial charge is 0.356 e. The first-order valence-electron chi connectivity index (χ1n) is 8.92. The van der Waals surface area contributed by atoms with Crippen LogP contribution in [0.4, 0.5) is 0 Å². The third-order valence-corrected chi connectivity index (χ3v) is 7.14. The zero-order chi connectivity index (χ0) is 19.3. The lowest BCUT2D eigenvalue weighted by Crippen LogP contribution is -2.37. The van der Waals surface area contributed by atoms with Crippen LogP contribution in [0.15, 0.2) is 60.7 Å². The van der Waals surface area contributed by atoms with Crippen molar-refractivity contribution in [2.75, 3.05) is 13.2 Å². The van der Waals surface area contributed by atoms with E-state index in [1.165, 1.54) is 0 Å². The number of Topliss-reactive ketones (excluding diaryl/α,β-unsaturated/α-hetero) is 1. The predicted molar refractivity (Wildman–Crippen MR) is 112 cm³/mol. The lowest BCUT2D eigenvalue weighted by molar-refractivity contribution is -0.124. The molecule has 8 heteroatoms. The standard InChI is InChI=1S/C20H23N2O4P.ClH/c21-18(13-15-11-12-22-20(15)24)19(23)14-26-27(25,16-7-3-1-4-8-16)17-9-5-2-6-10-17;/h1-10,15,18H,11-14,21H2,(H,22,24);1H/t15-,18?;/m0./s1. The first-order chi connectivity index (χ1) is 13.0. The quantitative estimate of drug-likeness (QED) is 0.632. The minimum atomic E-state index is -3.42. The number of nitrogens with one attached hydrogen (secondary N) is 1. The van der Waals surface area contributed by atoms with Crippen LogP contribution in [0.25, 0.3) is 0 Å². The van der Waals surface area contributed by atoms with Crippen molar-refractivity contribution in [1.82, 2.24) is 5.32 Å². The summed E-state index contributed by atoms with van der Waals surface area (Å²) in [5.74, 6) is -0.681. The van der Waals surface area contributed by atoms with Crippen molar-refractivity contribution in [3.63, 3.8) is 0 Å². The van der Waals surface area contributed by atoms with Gasteiger partial charge in [-0.3, -0.25) is 14.2 Å². The number of amides is 1. The summed E-state index contributed by atoms with van der Waals surface area (Å²) < 4.78 is 19.4. The van der Waals surface area contributed by atoms with Crippen molar-refractivity contribution in [1.29, 1.82) is 0 Å². The fraction of sp³-hybridized carbons (Fsp3) is 0.300. The molecule has 1 amide bonds. The van der Waals surface area contributed by atoms with Gasteiger partial charge in [0.25, 0.3) is 7.37 Å². The molecule has 0 saturated carbocycles. The molecule has 0 aliphatic carbocycles. The van der Waals surface area contributed by atoms with Crippen LogP contribution in [0.1, 0.15) is 12.8 Å². The van der Waals surface area contributed by atoms with Crippen molar-refractivity contribution < 1.29 is 18.7 Å². The van der Waals surface area contributed by atoms with E-state index < -0.39 is 13.4 Å². The van der Waals surface area contributed by atoms with Gasteiger partial charge in [-0.15, -0.1) is 12.4 Å². The number of carbonyl (C=O) groups excluding carboxylic acids is 2. The number of carbonyl (C=O) groups is 2. The van der Waals surface area contributed by atoms with Crippen molar-refractivity contribution in [2.24, 2.45) is 11.7 Å². The Labute approximate surface area is 170 Å². The van der Waals surface area contributed by atoms with Crippen molar-refractivity contribution in [3.8, 4) is 0 Å². The number of nitrogens with two attached hydrogens (primary N) is 1. The minimum Gasteiger partial charge on any atom is -0.356 e. The molecule has 1 unspecified atom stereocenters. The third-order valence-electron chi connectivity index (χ3n) is 4.70. The van der Waals surface area contributed by atoms with Crippen LogP contribution in [-0.4, -0.2) is 30.9 Å². The van der Waals surface area contributed by atoms with Gasteiger partial charge in [-0.2, -0.15) is 0 Å². The molecule has 0 spiro atoms. The van der Waals surface area contributed by atoms with Gasteiger partial charge in [0.2, 0.25) is 5.91 Å². The molecule has 1 saturated heterocycles. The summed E-state index contributed by atoms with van der Waals surface area (Å²) in [5.41, 5.74) is 5.97. The van der Waals surface area contributed by atoms with Gasteiger partial charge in [-0.05, 0) is 37.1 Å². The molecule has 1 fully saturated rings. The normalized spacial score (nSPS) is 17.5. The molecule has 3 rings (SSSR count). The van der Waals surface area contributed by atoms with E-state index in [1.807, 2.05) is 12.1 Å². The van der Waals surface area contributed by atoms with Crippen LogP contribution in [-0.2, 0) is 18.7 Å². The summed E-state index contributed by atoms with van der Waals surface area (Å²) in [6.07, 6.45) is 0.947. The summed E-state index contributed by atoms with van der Waals surface area (Å²) >= 11 is 0. The molecule has 2 aromatic carbocycles. The molecule has 150 valence electrons. The Kier molecular flexibility index (Phi) is 7.96. The number of benzene rings is 2. The van der Waals surface area contributed by atoms with E-state index >= 15 is 0 Å². The Morgan fingerprint density at radius 3 is 2.11 bits per heavy atom. The summed E-state index contributed by atoms with van der Waals surface area (Å²) in [6, 6.07) is 16.8. The molecule has 2 aromatic rings. The first-order valence-corrected chi connectivity index (χ1v) is 10.5. The van der Waals surface area contributed by atoms with E-state index in [0.29, 0.717) is 23.6 Å². The fourth-order valence-electron chi connectivity index (χ4n) is 3.12. The van der Waals surface area contributed by atoms with E-state index in [1.54, 1.807) is 48.5 Å². The first kappa shape index (κ1) is 22.3. The lowest BCUT2D eigenvalue weighted by atomic mass is 9.97. The second-order valence-electron chi connectivity index (χ2n) is 6.58. The minimum absolute atomic E-state index is 0. The number of rotatable bonds is 8. The SMILES string of the molecule is Cl.NC(C[C@@H]1CCNC1=O)C(=O)COP(=O)(c1ccccc1)c1ccccc1. The van der Waals surface area contributed by atoms with Crippen LogP contribution in [0.5, 0.6) is 0 Å². The molecule has 0 radical (unpaired) electrons. The zero-order valence-corrected chi connectivity index (χ0v) is 17.0. The van der Waals surface area contributed by atoms with Gasteiger partial charge in [0.05, 0.1) is 6.04 Å². The van der Waals surface area contributed by atoms with E-state index in [9.17, 15) is 14.2 Å². The van der Waals surface area contributed by atoms with Crippen LogP contribution >= 0.6 is 19.8 Å². The molecule has 6 nitrogen and oxygen atoms in total. The monoisotopic (exact) mass is 422 g/mol. The molecule has 3 N–H and O–H groups in total. The van der Waals surface area contributed by atoms with Crippen LogP contribution in [0.3, 0.4) is 0 Å². The Balaban J connectivity index is 0.00000280. The van der Waals surface area contributed by atoms with Crippen molar-refractivity contribution in [2.45, 2.75) is 18.9 Å². The summed E-state index contributed by atoms with van der Waals surface area (Å²) in [6.45, 7) is 0.245. The second kappa shape index (κ2) is 9.99. The van der Waals surface area contributed by atoms with Gasteiger partial charge in [0.15, 0.2) is 5.78 Å². The van der Waals surface area contributed by atoms with Crippen LogP contribution < -0.4 is 21.7 Å². The third kappa shape index (κ3) is 5.09. The van der Waals surface area contributed by atoms with Gasteiger partial charge in [-0.1, -0.05) is 36.4 Å². The molecular formula is C20H24ClN2O4P. The van der Waals surface area contributed by atoms with Gasteiger partial charge in [-0.25, -0.2) is 0 Å². The summed E-state index contributed by atoms with van der Waals surface area (Å²) in [5, 5.41) is 3.77. The maximum atomic E-state index is 13.7. The van der Waals surface area contributed by atoms with Gasteiger partial charge < -0.3 is 15.6 Å². The zero-order valence-electron chi connectivity index (χ0n) is 15.3. The van der Waals surface area contributed by atoms with E-state index in [-0.39, 0.29) is 43.0 Å². The topological polar surface area (TPSA) is 98.5 Å². The maximum Gasteiger partial charge on any atom is 0.261 e. The highest BCUT2D eigenvalue weighted by atomic mass is 35.5.